The van der Waals surface area contributed by atoms with Crippen molar-refractivity contribution in [1.29, 1.82) is 0 Å². The summed E-state index contributed by atoms with van der Waals surface area (Å²) in [4.78, 5) is 18.2. The minimum Gasteiger partial charge on any atom is -0.335 e. The molecule has 3 aromatic rings. The standard InChI is InChI=1S/C33H36F4N2O/c1-23-7-5-6-10-30(23)31-22-38(19-24-11-15-27(16-12-24)33(35,36)37)20-26(31)21-39(29-8-3-2-4-9-29)32(40)25-13-17-28(34)18-14-25/h5-7,10-18,26,29,31H,2-4,8-9,19-22H2,1H3/t26-,31+/m0/s1. The van der Waals surface area contributed by atoms with Crippen molar-refractivity contribution in [2.75, 3.05) is 19.6 Å². The van der Waals surface area contributed by atoms with Crippen molar-refractivity contribution < 1.29 is 22.4 Å². The van der Waals surface area contributed by atoms with E-state index in [0.29, 0.717) is 18.7 Å². The van der Waals surface area contributed by atoms with Crippen molar-refractivity contribution >= 4 is 5.91 Å². The molecule has 212 valence electrons. The van der Waals surface area contributed by atoms with Crippen molar-refractivity contribution in [1.82, 2.24) is 9.80 Å². The topological polar surface area (TPSA) is 23.6 Å². The van der Waals surface area contributed by atoms with Gasteiger partial charge in [0.05, 0.1) is 5.56 Å². The molecule has 40 heavy (non-hydrogen) atoms. The van der Waals surface area contributed by atoms with E-state index in [1.165, 1.54) is 29.7 Å². The number of hydrogen-bond donors (Lipinski definition) is 0. The Kier molecular flexibility index (Phi) is 8.60. The maximum atomic E-state index is 13.8. The van der Waals surface area contributed by atoms with Crippen molar-refractivity contribution in [2.24, 2.45) is 5.92 Å². The fourth-order valence-corrected chi connectivity index (χ4v) is 6.49. The highest BCUT2D eigenvalue weighted by Crippen LogP contribution is 2.37. The molecule has 0 aromatic heterocycles. The molecular weight excluding hydrogens is 516 g/mol. The third kappa shape index (κ3) is 6.57. The van der Waals surface area contributed by atoms with Gasteiger partial charge in [-0.15, -0.1) is 0 Å². The van der Waals surface area contributed by atoms with E-state index in [1.807, 2.05) is 17.0 Å². The SMILES string of the molecule is Cc1ccccc1[C@@H]1CN(Cc2ccc(C(F)(F)F)cc2)C[C@H]1CN(C(=O)c1ccc(F)cc1)C1CCCCC1. The van der Waals surface area contributed by atoms with Crippen LogP contribution < -0.4 is 0 Å². The summed E-state index contributed by atoms with van der Waals surface area (Å²) in [5.74, 6) is -0.0867. The number of likely N-dealkylation sites (tertiary alicyclic amines) is 1. The fraction of sp³-hybridized carbons (Fsp3) is 0.424. The van der Waals surface area contributed by atoms with Crippen LogP contribution >= 0.6 is 0 Å². The maximum Gasteiger partial charge on any atom is 0.416 e. The molecule has 1 amide bonds. The first-order valence-electron chi connectivity index (χ1n) is 14.2. The number of carbonyl (C=O) groups is 1. The minimum absolute atomic E-state index is 0.0587. The second kappa shape index (κ2) is 12.1. The largest absolute Gasteiger partial charge is 0.416 e. The molecule has 0 radical (unpaired) electrons. The molecule has 5 rings (SSSR count). The summed E-state index contributed by atoms with van der Waals surface area (Å²) in [6.45, 7) is 4.74. The van der Waals surface area contributed by atoms with Gasteiger partial charge in [0, 0.05) is 43.7 Å². The normalized spacial score (nSPS) is 20.5. The Hall–Kier alpha value is -3.19. The summed E-state index contributed by atoms with van der Waals surface area (Å²) in [5.41, 5.74) is 3.14. The number of rotatable bonds is 7. The number of carbonyl (C=O) groups excluding carboxylic acids is 1. The molecule has 0 N–H and O–H groups in total. The summed E-state index contributed by atoms with van der Waals surface area (Å²) in [6.07, 6.45) is 0.916. The molecule has 7 heteroatoms. The Bertz CT molecular complexity index is 1280. The van der Waals surface area contributed by atoms with Gasteiger partial charge in [-0.3, -0.25) is 9.69 Å². The van der Waals surface area contributed by atoms with Crippen LogP contribution in [0, 0.1) is 18.7 Å². The van der Waals surface area contributed by atoms with Gasteiger partial charge in [-0.25, -0.2) is 4.39 Å². The molecular formula is C33H36F4N2O. The minimum atomic E-state index is -4.35. The lowest BCUT2D eigenvalue weighted by molar-refractivity contribution is -0.137. The van der Waals surface area contributed by atoms with E-state index in [9.17, 15) is 22.4 Å². The lowest BCUT2D eigenvalue weighted by atomic mass is 9.85. The smallest absolute Gasteiger partial charge is 0.335 e. The monoisotopic (exact) mass is 552 g/mol. The van der Waals surface area contributed by atoms with E-state index in [1.54, 1.807) is 24.3 Å². The van der Waals surface area contributed by atoms with Gasteiger partial charge in [-0.2, -0.15) is 13.2 Å². The predicted molar refractivity (Wildman–Crippen MR) is 148 cm³/mol. The lowest BCUT2D eigenvalue weighted by Crippen LogP contribution is -2.45. The number of alkyl halides is 3. The van der Waals surface area contributed by atoms with Crippen LogP contribution in [0.3, 0.4) is 0 Å². The highest BCUT2D eigenvalue weighted by atomic mass is 19.4. The summed E-state index contributed by atoms with van der Waals surface area (Å²) < 4.78 is 52.8. The summed E-state index contributed by atoms with van der Waals surface area (Å²) in [5, 5.41) is 0. The van der Waals surface area contributed by atoms with Gasteiger partial charge in [0.1, 0.15) is 5.82 Å². The Morgan fingerprint density at radius 3 is 2.23 bits per heavy atom. The Labute approximate surface area is 233 Å². The summed E-state index contributed by atoms with van der Waals surface area (Å²) in [6, 6.07) is 19.7. The molecule has 1 heterocycles. The van der Waals surface area contributed by atoms with E-state index in [4.69, 9.17) is 0 Å². The van der Waals surface area contributed by atoms with Gasteiger partial charge in [0.15, 0.2) is 0 Å². The van der Waals surface area contributed by atoms with Gasteiger partial charge in [-0.1, -0.05) is 55.7 Å². The molecule has 0 unspecified atom stereocenters. The first-order valence-corrected chi connectivity index (χ1v) is 14.2. The Balaban J connectivity index is 1.41. The van der Waals surface area contributed by atoms with E-state index in [0.717, 1.165) is 56.5 Å². The Morgan fingerprint density at radius 2 is 1.57 bits per heavy atom. The van der Waals surface area contributed by atoms with Gasteiger partial charge in [-0.05, 0) is 78.8 Å². The first-order chi connectivity index (χ1) is 19.2. The molecule has 1 saturated heterocycles. The second-order valence-corrected chi connectivity index (χ2v) is 11.4. The average Bonchev–Trinajstić information content (AvgIpc) is 3.34. The predicted octanol–water partition coefficient (Wildman–Crippen LogP) is 7.84. The van der Waals surface area contributed by atoms with Crippen molar-refractivity contribution in [3.63, 3.8) is 0 Å². The van der Waals surface area contributed by atoms with Crippen LogP contribution in [0.1, 0.15) is 70.6 Å². The second-order valence-electron chi connectivity index (χ2n) is 11.4. The Morgan fingerprint density at radius 1 is 0.900 bits per heavy atom. The lowest BCUT2D eigenvalue weighted by Gasteiger charge is -2.37. The molecule has 1 saturated carbocycles. The number of benzene rings is 3. The molecule has 2 atom stereocenters. The van der Waals surface area contributed by atoms with Crippen molar-refractivity contribution in [2.45, 2.75) is 63.7 Å². The van der Waals surface area contributed by atoms with E-state index < -0.39 is 11.7 Å². The number of hydrogen-bond acceptors (Lipinski definition) is 2. The van der Waals surface area contributed by atoms with Gasteiger partial charge < -0.3 is 4.90 Å². The molecule has 0 bridgehead atoms. The zero-order chi connectivity index (χ0) is 28.3. The zero-order valence-electron chi connectivity index (χ0n) is 22.8. The average molecular weight is 553 g/mol. The molecule has 1 aliphatic heterocycles. The van der Waals surface area contributed by atoms with E-state index >= 15 is 0 Å². The van der Waals surface area contributed by atoms with Gasteiger partial charge in [0.25, 0.3) is 5.91 Å². The van der Waals surface area contributed by atoms with Crippen molar-refractivity contribution in [3.8, 4) is 0 Å². The van der Waals surface area contributed by atoms with Crippen LogP contribution in [0.4, 0.5) is 17.6 Å². The van der Waals surface area contributed by atoms with Crippen LogP contribution in [0.25, 0.3) is 0 Å². The number of amides is 1. The number of nitrogens with zero attached hydrogens (tertiary/aromatic N) is 2. The quantitative estimate of drug-likeness (QED) is 0.279. The molecule has 0 spiro atoms. The van der Waals surface area contributed by atoms with Crippen LogP contribution in [-0.2, 0) is 12.7 Å². The van der Waals surface area contributed by atoms with Crippen LogP contribution in [0.2, 0.25) is 0 Å². The third-order valence-corrected chi connectivity index (χ3v) is 8.59. The first kappa shape index (κ1) is 28.3. The van der Waals surface area contributed by atoms with Crippen LogP contribution in [0.15, 0.2) is 72.8 Å². The van der Waals surface area contributed by atoms with Gasteiger partial charge >= 0.3 is 6.18 Å². The third-order valence-electron chi connectivity index (χ3n) is 8.59. The number of aryl methyl sites for hydroxylation is 1. The number of halogens is 4. The molecule has 1 aliphatic carbocycles. The fourth-order valence-electron chi connectivity index (χ4n) is 6.49. The molecule has 3 nitrogen and oxygen atoms in total. The summed E-state index contributed by atoms with van der Waals surface area (Å²) in [7, 11) is 0. The van der Waals surface area contributed by atoms with Crippen LogP contribution in [0.5, 0.6) is 0 Å². The molecule has 2 aliphatic rings. The van der Waals surface area contributed by atoms with Gasteiger partial charge in [0.2, 0.25) is 0 Å². The highest BCUT2D eigenvalue weighted by molar-refractivity contribution is 5.94. The summed E-state index contributed by atoms with van der Waals surface area (Å²) >= 11 is 0. The maximum absolute atomic E-state index is 13.8. The van der Waals surface area contributed by atoms with Crippen LogP contribution in [-0.4, -0.2) is 41.4 Å². The van der Waals surface area contributed by atoms with Crippen molar-refractivity contribution in [3.05, 3.63) is 106 Å². The van der Waals surface area contributed by atoms with E-state index in [-0.39, 0.29) is 29.6 Å². The van der Waals surface area contributed by atoms with E-state index in [2.05, 4.69) is 24.0 Å². The molecule has 2 fully saturated rings. The zero-order valence-corrected chi connectivity index (χ0v) is 22.8. The molecule has 3 aromatic carbocycles. The highest BCUT2D eigenvalue weighted by Gasteiger charge is 2.38.